The van der Waals surface area contributed by atoms with Crippen LogP contribution in [0.2, 0.25) is 0 Å². The minimum Gasteiger partial charge on any atom is -0.378 e. The number of rotatable bonds is 1. The first-order chi connectivity index (χ1) is 6.18. The van der Waals surface area contributed by atoms with Crippen LogP contribution < -0.4 is 5.32 Å². The Morgan fingerprint density at radius 3 is 2.69 bits per heavy atom. The summed E-state index contributed by atoms with van der Waals surface area (Å²) in [5.74, 6) is -0.182. The molecule has 0 aromatic rings. The summed E-state index contributed by atoms with van der Waals surface area (Å²) in [7, 11) is 0. The molecule has 0 aromatic carbocycles. The highest BCUT2D eigenvalue weighted by molar-refractivity contribution is 6.03. The van der Waals surface area contributed by atoms with Crippen LogP contribution in [0.3, 0.4) is 0 Å². The fourth-order valence-electron chi connectivity index (χ4n) is 2.20. The maximum Gasteiger partial charge on any atom is 0.230 e. The van der Waals surface area contributed by atoms with E-state index in [2.05, 4.69) is 5.32 Å². The lowest BCUT2D eigenvalue weighted by molar-refractivity contribution is -0.126. The van der Waals surface area contributed by atoms with Gasteiger partial charge in [-0.05, 0) is 19.3 Å². The predicted octanol–water partition coefficient (Wildman–Crippen LogP) is 0.0741. The zero-order valence-corrected chi connectivity index (χ0v) is 7.58. The molecule has 2 heterocycles. The van der Waals surface area contributed by atoms with E-state index < -0.39 is 0 Å². The van der Waals surface area contributed by atoms with Gasteiger partial charge in [-0.3, -0.25) is 14.9 Å². The Morgan fingerprint density at radius 1 is 1.46 bits per heavy atom. The molecule has 4 heteroatoms. The number of hydrogen-bond donors (Lipinski definition) is 1. The van der Waals surface area contributed by atoms with E-state index in [9.17, 15) is 9.59 Å². The van der Waals surface area contributed by atoms with Crippen molar-refractivity contribution in [3.8, 4) is 0 Å². The van der Waals surface area contributed by atoms with Gasteiger partial charge in [0.1, 0.15) is 0 Å². The van der Waals surface area contributed by atoms with Gasteiger partial charge in [0.15, 0.2) is 0 Å². The van der Waals surface area contributed by atoms with E-state index in [-0.39, 0.29) is 29.8 Å². The molecule has 1 N–H and O–H groups in total. The van der Waals surface area contributed by atoms with Crippen molar-refractivity contribution >= 4 is 11.8 Å². The van der Waals surface area contributed by atoms with Gasteiger partial charge in [-0.1, -0.05) is 0 Å². The third kappa shape index (κ3) is 1.46. The zero-order chi connectivity index (χ0) is 9.42. The van der Waals surface area contributed by atoms with Gasteiger partial charge < -0.3 is 4.74 Å². The highest BCUT2D eigenvalue weighted by atomic mass is 16.5. The fourth-order valence-corrected chi connectivity index (χ4v) is 2.20. The molecular weight excluding hydrogens is 170 g/mol. The van der Waals surface area contributed by atoms with Crippen LogP contribution in [-0.2, 0) is 14.3 Å². The van der Waals surface area contributed by atoms with Crippen molar-refractivity contribution < 1.29 is 14.3 Å². The normalized spacial score (nSPS) is 39.6. The molecule has 0 radical (unpaired) electrons. The zero-order valence-electron chi connectivity index (χ0n) is 7.58. The number of imide groups is 1. The maximum absolute atomic E-state index is 11.3. The molecule has 3 atom stereocenters. The van der Waals surface area contributed by atoms with Gasteiger partial charge >= 0.3 is 0 Å². The summed E-state index contributed by atoms with van der Waals surface area (Å²) >= 11 is 0. The number of nitrogens with one attached hydrogen (secondary N) is 1. The van der Waals surface area contributed by atoms with Gasteiger partial charge in [0, 0.05) is 13.0 Å². The van der Waals surface area contributed by atoms with E-state index >= 15 is 0 Å². The average Bonchev–Trinajstić information content (AvgIpc) is 2.58. The molecule has 2 rings (SSSR count). The largest absolute Gasteiger partial charge is 0.378 e. The average molecular weight is 183 g/mol. The van der Waals surface area contributed by atoms with Gasteiger partial charge in [0.25, 0.3) is 0 Å². The van der Waals surface area contributed by atoms with Crippen LogP contribution in [0.5, 0.6) is 0 Å². The number of amides is 2. The Labute approximate surface area is 76.6 Å². The van der Waals surface area contributed by atoms with E-state index in [1.807, 2.05) is 6.92 Å². The van der Waals surface area contributed by atoms with Crippen molar-refractivity contribution in [3.63, 3.8) is 0 Å². The first-order valence-corrected chi connectivity index (χ1v) is 4.64. The first-order valence-electron chi connectivity index (χ1n) is 4.64. The SMILES string of the molecule is CC1OCCC1C1CC(=O)NC1=O. The van der Waals surface area contributed by atoms with Crippen LogP contribution in [0.15, 0.2) is 0 Å². The first kappa shape index (κ1) is 8.69. The molecule has 2 aliphatic rings. The van der Waals surface area contributed by atoms with Crippen LogP contribution >= 0.6 is 0 Å². The van der Waals surface area contributed by atoms with Crippen molar-refractivity contribution in [2.24, 2.45) is 11.8 Å². The molecular formula is C9H13NO3. The fraction of sp³-hybridized carbons (Fsp3) is 0.778. The summed E-state index contributed by atoms with van der Waals surface area (Å²) in [6, 6.07) is 0. The summed E-state index contributed by atoms with van der Waals surface area (Å²) < 4.78 is 5.37. The summed E-state index contributed by atoms with van der Waals surface area (Å²) in [6.07, 6.45) is 1.35. The molecule has 2 amide bonds. The van der Waals surface area contributed by atoms with Crippen LogP contribution in [0.4, 0.5) is 0 Å². The summed E-state index contributed by atoms with van der Waals surface area (Å²) in [4.78, 5) is 22.3. The standard InChI is InChI=1S/C9H13NO3/c1-5-6(2-3-13-5)7-4-8(11)10-9(7)12/h5-7H,2-4H2,1H3,(H,10,11,12). The molecule has 0 aliphatic carbocycles. The number of ether oxygens (including phenoxy) is 1. The number of carbonyl (C=O) groups is 2. The summed E-state index contributed by atoms with van der Waals surface area (Å²) in [5.41, 5.74) is 0. The van der Waals surface area contributed by atoms with Crippen LogP contribution in [0.1, 0.15) is 19.8 Å². The van der Waals surface area contributed by atoms with Crippen LogP contribution in [0, 0.1) is 11.8 Å². The van der Waals surface area contributed by atoms with Crippen molar-refractivity contribution in [2.45, 2.75) is 25.9 Å². The Balaban J connectivity index is 2.08. The Hall–Kier alpha value is -0.900. The van der Waals surface area contributed by atoms with Gasteiger partial charge in [0.05, 0.1) is 12.0 Å². The van der Waals surface area contributed by atoms with E-state index in [1.54, 1.807) is 0 Å². The van der Waals surface area contributed by atoms with Crippen molar-refractivity contribution in [1.29, 1.82) is 0 Å². The highest BCUT2D eigenvalue weighted by Crippen LogP contribution is 2.32. The monoisotopic (exact) mass is 183 g/mol. The number of carbonyl (C=O) groups excluding carboxylic acids is 2. The van der Waals surface area contributed by atoms with E-state index in [4.69, 9.17) is 4.74 Å². The van der Waals surface area contributed by atoms with Crippen molar-refractivity contribution in [1.82, 2.24) is 5.32 Å². The van der Waals surface area contributed by atoms with Gasteiger partial charge in [-0.25, -0.2) is 0 Å². The molecule has 0 bridgehead atoms. The Bertz CT molecular complexity index is 251. The summed E-state index contributed by atoms with van der Waals surface area (Å²) in [5, 5.41) is 2.33. The lowest BCUT2D eigenvalue weighted by Gasteiger charge is -2.17. The second-order valence-corrected chi connectivity index (χ2v) is 3.75. The quantitative estimate of drug-likeness (QED) is 0.585. The molecule has 2 saturated heterocycles. The molecule has 2 fully saturated rings. The van der Waals surface area contributed by atoms with E-state index in [0.29, 0.717) is 13.0 Å². The third-order valence-electron chi connectivity index (χ3n) is 2.96. The number of hydrogen-bond acceptors (Lipinski definition) is 3. The lowest BCUT2D eigenvalue weighted by atomic mass is 9.86. The van der Waals surface area contributed by atoms with Gasteiger partial charge in [0.2, 0.25) is 11.8 Å². The Morgan fingerprint density at radius 2 is 2.23 bits per heavy atom. The minimum absolute atomic E-state index is 0.113. The highest BCUT2D eigenvalue weighted by Gasteiger charge is 2.41. The lowest BCUT2D eigenvalue weighted by Crippen LogP contribution is -2.29. The molecule has 0 saturated carbocycles. The third-order valence-corrected chi connectivity index (χ3v) is 2.96. The molecule has 0 aromatic heterocycles. The second-order valence-electron chi connectivity index (χ2n) is 3.75. The molecule has 72 valence electrons. The van der Waals surface area contributed by atoms with Gasteiger partial charge in [-0.2, -0.15) is 0 Å². The molecule has 0 spiro atoms. The smallest absolute Gasteiger partial charge is 0.230 e. The molecule has 13 heavy (non-hydrogen) atoms. The maximum atomic E-state index is 11.3. The van der Waals surface area contributed by atoms with Crippen LogP contribution in [-0.4, -0.2) is 24.5 Å². The summed E-state index contributed by atoms with van der Waals surface area (Å²) in [6.45, 7) is 2.68. The van der Waals surface area contributed by atoms with Gasteiger partial charge in [-0.15, -0.1) is 0 Å². The predicted molar refractivity (Wildman–Crippen MR) is 44.8 cm³/mol. The minimum atomic E-state index is -0.148. The molecule has 2 aliphatic heterocycles. The van der Waals surface area contributed by atoms with Crippen molar-refractivity contribution in [2.75, 3.05) is 6.61 Å². The molecule has 4 nitrogen and oxygen atoms in total. The van der Waals surface area contributed by atoms with E-state index in [1.165, 1.54) is 0 Å². The molecule has 3 unspecified atom stereocenters. The second kappa shape index (κ2) is 3.10. The Kier molecular flexibility index (Phi) is 2.07. The topological polar surface area (TPSA) is 55.4 Å². The van der Waals surface area contributed by atoms with Crippen molar-refractivity contribution in [3.05, 3.63) is 0 Å². The van der Waals surface area contributed by atoms with E-state index in [0.717, 1.165) is 6.42 Å². The van der Waals surface area contributed by atoms with Crippen LogP contribution in [0.25, 0.3) is 0 Å².